The van der Waals surface area contributed by atoms with Crippen molar-refractivity contribution in [2.24, 2.45) is 5.84 Å². The first kappa shape index (κ1) is 15.7. The van der Waals surface area contributed by atoms with Gasteiger partial charge >= 0.3 is 0 Å². The van der Waals surface area contributed by atoms with E-state index in [-0.39, 0.29) is 0 Å². The SMILES string of the molecule is CC1SCC(C(Cc2cccc(Br)c2)NN)SC1C. The fraction of sp³-hybridized carbons (Fsp3) is 0.571. The first-order valence-corrected chi connectivity index (χ1v) is 9.36. The van der Waals surface area contributed by atoms with Crippen molar-refractivity contribution in [2.45, 2.75) is 42.1 Å². The minimum absolute atomic E-state index is 0.335. The summed E-state index contributed by atoms with van der Waals surface area (Å²) in [5.74, 6) is 6.96. The third-order valence-electron chi connectivity index (χ3n) is 3.58. The Kier molecular flexibility index (Phi) is 6.09. The number of nitrogens with two attached hydrogens (primary N) is 1. The molecule has 1 heterocycles. The average molecular weight is 361 g/mol. The molecule has 4 unspecified atom stereocenters. The molecule has 106 valence electrons. The summed E-state index contributed by atoms with van der Waals surface area (Å²) in [6, 6.07) is 8.82. The molecule has 0 aromatic heterocycles. The predicted octanol–water partition coefficient (Wildman–Crippen LogP) is 3.45. The van der Waals surface area contributed by atoms with E-state index in [1.165, 1.54) is 11.3 Å². The van der Waals surface area contributed by atoms with Crippen LogP contribution in [0, 0.1) is 0 Å². The molecule has 5 heteroatoms. The highest BCUT2D eigenvalue weighted by molar-refractivity contribution is 9.10. The molecule has 0 radical (unpaired) electrons. The minimum Gasteiger partial charge on any atom is -0.271 e. The average Bonchev–Trinajstić information content (AvgIpc) is 2.39. The maximum atomic E-state index is 5.79. The number of rotatable bonds is 4. The second-order valence-electron chi connectivity index (χ2n) is 5.03. The number of halogens is 1. The van der Waals surface area contributed by atoms with Crippen molar-refractivity contribution in [3.8, 4) is 0 Å². The second kappa shape index (κ2) is 7.36. The Labute approximate surface area is 132 Å². The van der Waals surface area contributed by atoms with Gasteiger partial charge in [-0.2, -0.15) is 23.5 Å². The minimum atomic E-state index is 0.335. The molecule has 1 aliphatic heterocycles. The lowest BCUT2D eigenvalue weighted by molar-refractivity contribution is 0.521. The first-order valence-electron chi connectivity index (χ1n) is 6.57. The molecule has 1 aliphatic rings. The summed E-state index contributed by atoms with van der Waals surface area (Å²) in [4.78, 5) is 0. The Morgan fingerprint density at radius 1 is 1.42 bits per heavy atom. The Hall–Kier alpha value is 0.320. The normalized spacial score (nSPS) is 29.2. The number of thioether (sulfide) groups is 2. The van der Waals surface area contributed by atoms with Gasteiger partial charge in [-0.3, -0.25) is 11.3 Å². The van der Waals surface area contributed by atoms with Crippen LogP contribution in [0.1, 0.15) is 19.4 Å². The largest absolute Gasteiger partial charge is 0.271 e. The highest BCUT2D eigenvalue weighted by Crippen LogP contribution is 2.37. The third-order valence-corrected chi connectivity index (χ3v) is 7.63. The summed E-state index contributed by atoms with van der Waals surface area (Å²) >= 11 is 7.67. The van der Waals surface area contributed by atoms with Gasteiger partial charge in [0.1, 0.15) is 0 Å². The lowest BCUT2D eigenvalue weighted by Gasteiger charge is -2.35. The summed E-state index contributed by atoms with van der Waals surface area (Å²) in [5, 5.41) is 2.02. The first-order chi connectivity index (χ1) is 9.10. The molecule has 2 nitrogen and oxygen atoms in total. The van der Waals surface area contributed by atoms with Crippen molar-refractivity contribution in [3.63, 3.8) is 0 Å². The molecule has 0 saturated carbocycles. The van der Waals surface area contributed by atoms with E-state index in [2.05, 4.69) is 83.0 Å². The maximum absolute atomic E-state index is 5.79. The van der Waals surface area contributed by atoms with Crippen LogP contribution in [0.5, 0.6) is 0 Å². The maximum Gasteiger partial charge on any atom is 0.0377 e. The van der Waals surface area contributed by atoms with Gasteiger partial charge in [0.15, 0.2) is 0 Å². The van der Waals surface area contributed by atoms with E-state index in [9.17, 15) is 0 Å². The zero-order valence-electron chi connectivity index (χ0n) is 11.3. The molecule has 19 heavy (non-hydrogen) atoms. The Balaban J connectivity index is 2.00. The smallest absolute Gasteiger partial charge is 0.0377 e. The molecule has 0 bridgehead atoms. The van der Waals surface area contributed by atoms with Crippen LogP contribution in [0.3, 0.4) is 0 Å². The van der Waals surface area contributed by atoms with Crippen LogP contribution in [0.25, 0.3) is 0 Å². The van der Waals surface area contributed by atoms with Gasteiger partial charge < -0.3 is 0 Å². The van der Waals surface area contributed by atoms with E-state index in [1.807, 2.05) is 0 Å². The lowest BCUT2D eigenvalue weighted by Crippen LogP contribution is -2.47. The van der Waals surface area contributed by atoms with E-state index in [0.717, 1.165) is 16.1 Å². The molecule has 1 aromatic carbocycles. The van der Waals surface area contributed by atoms with E-state index in [0.29, 0.717) is 16.5 Å². The van der Waals surface area contributed by atoms with Crippen LogP contribution in [0.15, 0.2) is 28.7 Å². The molecule has 4 atom stereocenters. The summed E-state index contributed by atoms with van der Waals surface area (Å²) < 4.78 is 1.13. The zero-order chi connectivity index (χ0) is 13.8. The van der Waals surface area contributed by atoms with Gasteiger partial charge in [-0.25, -0.2) is 0 Å². The van der Waals surface area contributed by atoms with Crippen molar-refractivity contribution in [1.29, 1.82) is 0 Å². The zero-order valence-corrected chi connectivity index (χ0v) is 14.5. The highest BCUT2D eigenvalue weighted by atomic mass is 79.9. The van der Waals surface area contributed by atoms with Gasteiger partial charge in [-0.1, -0.05) is 41.9 Å². The quantitative estimate of drug-likeness (QED) is 0.636. The van der Waals surface area contributed by atoms with Gasteiger partial charge in [0, 0.05) is 32.0 Å². The van der Waals surface area contributed by atoms with Crippen molar-refractivity contribution < 1.29 is 0 Å². The molecule has 1 fully saturated rings. The van der Waals surface area contributed by atoms with E-state index < -0.39 is 0 Å². The van der Waals surface area contributed by atoms with Crippen molar-refractivity contribution in [3.05, 3.63) is 34.3 Å². The predicted molar refractivity (Wildman–Crippen MR) is 91.7 cm³/mol. The van der Waals surface area contributed by atoms with Crippen LogP contribution in [-0.2, 0) is 6.42 Å². The van der Waals surface area contributed by atoms with Gasteiger partial charge in [0.2, 0.25) is 0 Å². The second-order valence-corrected chi connectivity index (χ2v) is 8.97. The standard InChI is InChI=1S/C14H21BrN2S2/c1-9-10(2)19-14(8-18-9)13(17-16)7-11-4-3-5-12(15)6-11/h3-6,9-10,13-14,17H,7-8,16H2,1-2H3. The van der Waals surface area contributed by atoms with E-state index >= 15 is 0 Å². The van der Waals surface area contributed by atoms with E-state index in [4.69, 9.17) is 5.84 Å². The number of hydrogen-bond donors (Lipinski definition) is 2. The lowest BCUT2D eigenvalue weighted by atomic mass is 10.0. The molecule has 1 aromatic rings. The van der Waals surface area contributed by atoms with Crippen LogP contribution in [0.2, 0.25) is 0 Å². The molecule has 1 saturated heterocycles. The molecule has 0 spiro atoms. The fourth-order valence-electron chi connectivity index (χ4n) is 2.23. The number of hydrogen-bond acceptors (Lipinski definition) is 4. The third kappa shape index (κ3) is 4.39. The highest BCUT2D eigenvalue weighted by Gasteiger charge is 2.30. The summed E-state index contributed by atoms with van der Waals surface area (Å²) in [6.07, 6.45) is 0.981. The molecule has 3 N–H and O–H groups in total. The summed E-state index contributed by atoms with van der Waals surface area (Å²) in [6.45, 7) is 4.64. The molecular formula is C14H21BrN2S2. The van der Waals surface area contributed by atoms with Crippen LogP contribution >= 0.6 is 39.5 Å². The van der Waals surface area contributed by atoms with Crippen molar-refractivity contribution in [2.75, 3.05) is 5.75 Å². The Morgan fingerprint density at radius 2 is 2.21 bits per heavy atom. The van der Waals surface area contributed by atoms with Gasteiger partial charge in [0.05, 0.1) is 0 Å². The summed E-state index contributed by atoms with van der Waals surface area (Å²) in [7, 11) is 0. The van der Waals surface area contributed by atoms with Gasteiger partial charge in [0.25, 0.3) is 0 Å². The molecular weight excluding hydrogens is 340 g/mol. The number of benzene rings is 1. The van der Waals surface area contributed by atoms with Crippen LogP contribution in [-0.4, -0.2) is 27.5 Å². The Bertz CT molecular complexity index is 416. The van der Waals surface area contributed by atoms with Gasteiger partial charge in [-0.15, -0.1) is 0 Å². The van der Waals surface area contributed by atoms with E-state index in [1.54, 1.807) is 0 Å². The Morgan fingerprint density at radius 3 is 2.84 bits per heavy atom. The van der Waals surface area contributed by atoms with Crippen LogP contribution in [0.4, 0.5) is 0 Å². The monoisotopic (exact) mass is 360 g/mol. The van der Waals surface area contributed by atoms with Gasteiger partial charge in [-0.05, 0) is 24.1 Å². The molecule has 0 amide bonds. The van der Waals surface area contributed by atoms with Crippen molar-refractivity contribution in [1.82, 2.24) is 5.43 Å². The number of hydrazine groups is 1. The number of nitrogens with one attached hydrogen (secondary N) is 1. The molecule has 2 rings (SSSR count). The molecule has 0 aliphatic carbocycles. The topological polar surface area (TPSA) is 38.0 Å². The summed E-state index contributed by atoms with van der Waals surface area (Å²) in [5.41, 5.74) is 4.35. The van der Waals surface area contributed by atoms with Crippen LogP contribution < -0.4 is 11.3 Å². The van der Waals surface area contributed by atoms with Crippen molar-refractivity contribution >= 4 is 39.5 Å². The fourth-order valence-corrected chi connectivity index (χ4v) is 5.79.